The van der Waals surface area contributed by atoms with E-state index < -0.39 is 6.16 Å². The molecule has 0 bridgehead atoms. The van der Waals surface area contributed by atoms with Crippen molar-refractivity contribution in [3.05, 3.63) is 11.8 Å². The van der Waals surface area contributed by atoms with Gasteiger partial charge in [-0.05, 0) is 19.3 Å². The Morgan fingerprint density at radius 3 is 2.59 bits per heavy atom. The number of hydrogen-bond acceptors (Lipinski definition) is 7. The number of rotatable bonds is 15. The van der Waals surface area contributed by atoms with Crippen LogP contribution in [0.5, 0.6) is 5.88 Å². The highest BCUT2D eigenvalue weighted by Gasteiger charge is 2.39. The van der Waals surface area contributed by atoms with Crippen LogP contribution in [0.15, 0.2) is 6.08 Å². The van der Waals surface area contributed by atoms with E-state index >= 15 is 0 Å². The van der Waals surface area contributed by atoms with E-state index in [0.717, 1.165) is 69.3 Å². The Morgan fingerprint density at radius 2 is 1.84 bits per heavy atom. The highest BCUT2D eigenvalue weighted by Crippen LogP contribution is 2.33. The molecule has 1 aliphatic rings. The number of aromatic nitrogens is 2. The molecule has 0 spiro atoms. The topological polar surface area (TPSA) is 70.5 Å². The lowest BCUT2D eigenvalue weighted by atomic mass is 10.0. The fraction of sp³-hybridized carbons (Fsp3) is 0.792. The van der Waals surface area contributed by atoms with Crippen molar-refractivity contribution in [2.75, 3.05) is 33.4 Å². The molecule has 2 heterocycles. The molecular formula is C24H42N3O4S+. The van der Waals surface area contributed by atoms with Crippen molar-refractivity contribution in [1.82, 2.24) is 8.75 Å². The molecule has 0 radical (unpaired) electrons. The largest absolute Gasteiger partial charge is 0.512 e. The van der Waals surface area contributed by atoms with Crippen LogP contribution in [0.4, 0.5) is 4.79 Å². The second-order valence-corrected chi connectivity index (χ2v) is 9.40. The van der Waals surface area contributed by atoms with Gasteiger partial charge in [0.1, 0.15) is 12.2 Å². The Morgan fingerprint density at radius 1 is 1.06 bits per heavy atom. The SMILES string of the molecule is CCCCCCOc1nsnc1C1=CCC[N+](C)(C(CCCCC)OC(=O)OCCC)C1. The van der Waals surface area contributed by atoms with Gasteiger partial charge >= 0.3 is 6.16 Å². The third-order valence-corrected chi connectivity index (χ3v) is 6.48. The predicted octanol–water partition coefficient (Wildman–Crippen LogP) is 6.20. The minimum Gasteiger partial charge on any atom is -0.475 e. The molecular weight excluding hydrogens is 426 g/mol. The van der Waals surface area contributed by atoms with Crippen LogP contribution in [0.1, 0.15) is 90.7 Å². The number of nitrogens with zero attached hydrogens (tertiary/aromatic N) is 3. The average Bonchev–Trinajstić information content (AvgIpc) is 3.25. The molecule has 8 heteroatoms. The van der Waals surface area contributed by atoms with Crippen LogP contribution in [0, 0.1) is 0 Å². The molecule has 0 N–H and O–H groups in total. The van der Waals surface area contributed by atoms with E-state index in [1.807, 2.05) is 6.92 Å². The molecule has 0 aliphatic carbocycles. The van der Waals surface area contributed by atoms with E-state index in [-0.39, 0.29) is 6.23 Å². The second kappa shape index (κ2) is 14.5. The van der Waals surface area contributed by atoms with Gasteiger partial charge in [0.25, 0.3) is 5.88 Å². The van der Waals surface area contributed by atoms with Crippen LogP contribution in [0.2, 0.25) is 0 Å². The molecule has 1 aromatic rings. The quantitative estimate of drug-likeness (QED) is 0.173. The maximum Gasteiger partial charge on any atom is 0.512 e. The van der Waals surface area contributed by atoms with Crippen molar-refractivity contribution in [1.29, 1.82) is 0 Å². The van der Waals surface area contributed by atoms with Crippen LogP contribution in [-0.2, 0) is 9.47 Å². The molecule has 0 fully saturated rings. The minimum atomic E-state index is -0.560. The van der Waals surface area contributed by atoms with E-state index in [1.54, 1.807) is 0 Å². The molecule has 2 unspecified atom stereocenters. The molecule has 0 saturated heterocycles. The molecule has 2 atom stereocenters. The van der Waals surface area contributed by atoms with E-state index in [2.05, 4.69) is 35.7 Å². The van der Waals surface area contributed by atoms with E-state index in [4.69, 9.17) is 14.2 Å². The molecule has 1 aliphatic heterocycles. The lowest BCUT2D eigenvalue weighted by Crippen LogP contribution is -2.56. The van der Waals surface area contributed by atoms with Crippen molar-refractivity contribution < 1.29 is 23.5 Å². The second-order valence-electron chi connectivity index (χ2n) is 8.87. The van der Waals surface area contributed by atoms with Crippen molar-refractivity contribution in [2.45, 2.75) is 91.2 Å². The number of carbonyl (C=O) groups is 1. The maximum absolute atomic E-state index is 12.3. The fourth-order valence-corrected chi connectivity index (χ4v) is 4.58. The van der Waals surface area contributed by atoms with Crippen LogP contribution in [0.25, 0.3) is 5.57 Å². The molecule has 0 amide bonds. The average molecular weight is 469 g/mol. The summed E-state index contributed by atoms with van der Waals surface area (Å²) in [6.45, 7) is 9.07. The molecule has 0 aromatic carbocycles. The van der Waals surface area contributed by atoms with E-state index in [9.17, 15) is 4.79 Å². The van der Waals surface area contributed by atoms with Gasteiger partial charge in [-0.3, -0.25) is 4.48 Å². The van der Waals surface area contributed by atoms with Crippen molar-refractivity contribution in [3.63, 3.8) is 0 Å². The minimum absolute atomic E-state index is 0.236. The molecule has 1 aromatic heterocycles. The Kier molecular flexibility index (Phi) is 12.0. The van der Waals surface area contributed by atoms with Crippen LogP contribution in [0.3, 0.4) is 0 Å². The monoisotopic (exact) mass is 468 g/mol. The van der Waals surface area contributed by atoms with Gasteiger partial charge in [0.15, 0.2) is 0 Å². The Balaban J connectivity index is 2.07. The zero-order valence-electron chi connectivity index (χ0n) is 20.4. The van der Waals surface area contributed by atoms with Crippen LogP contribution < -0.4 is 4.74 Å². The molecule has 2 rings (SSSR count). The predicted molar refractivity (Wildman–Crippen MR) is 129 cm³/mol. The first kappa shape index (κ1) is 26.6. The summed E-state index contributed by atoms with van der Waals surface area (Å²) in [5, 5.41) is 0. The zero-order valence-corrected chi connectivity index (χ0v) is 21.3. The highest BCUT2D eigenvalue weighted by atomic mass is 32.1. The van der Waals surface area contributed by atoms with E-state index in [1.165, 1.54) is 31.0 Å². The number of ether oxygens (including phenoxy) is 3. The lowest BCUT2D eigenvalue weighted by Gasteiger charge is -2.42. The standard InChI is InChI=1S/C24H42N3O4S/c1-5-8-10-12-18-29-23-22(25-32-26-23)20-14-13-16-27(4,19-20)21(15-11-9-6-2)31-24(28)30-17-7-3/h14,21H,5-13,15-19H2,1-4H3/q+1. The maximum atomic E-state index is 12.3. The summed E-state index contributed by atoms with van der Waals surface area (Å²) in [5.41, 5.74) is 1.97. The van der Waals surface area contributed by atoms with Crippen LogP contribution in [-0.4, -0.2) is 59.0 Å². The fourth-order valence-electron chi connectivity index (χ4n) is 4.05. The normalized spacial score (nSPS) is 19.3. The van der Waals surface area contributed by atoms with Crippen molar-refractivity contribution >= 4 is 23.5 Å². The van der Waals surface area contributed by atoms with Gasteiger partial charge in [0, 0.05) is 18.4 Å². The van der Waals surface area contributed by atoms with E-state index in [0.29, 0.717) is 23.6 Å². The highest BCUT2D eigenvalue weighted by molar-refractivity contribution is 6.99. The van der Waals surface area contributed by atoms with Gasteiger partial charge in [-0.15, -0.1) is 4.37 Å². The Bertz CT molecular complexity index is 709. The molecule has 7 nitrogen and oxygen atoms in total. The molecule has 182 valence electrons. The summed E-state index contributed by atoms with van der Waals surface area (Å²) in [6.07, 6.45) is 11.9. The Hall–Kier alpha value is -1.67. The van der Waals surface area contributed by atoms with Gasteiger partial charge in [-0.25, -0.2) is 4.79 Å². The van der Waals surface area contributed by atoms with Crippen molar-refractivity contribution in [2.24, 2.45) is 0 Å². The summed E-state index contributed by atoms with van der Waals surface area (Å²) in [5.74, 6) is 0.636. The smallest absolute Gasteiger partial charge is 0.475 e. The van der Waals surface area contributed by atoms with Gasteiger partial charge in [0.05, 0.1) is 38.5 Å². The third kappa shape index (κ3) is 8.35. The summed E-state index contributed by atoms with van der Waals surface area (Å²) in [7, 11) is 2.17. The number of likely N-dealkylation sites (N-methyl/N-ethyl adjacent to an activating group) is 1. The molecule has 32 heavy (non-hydrogen) atoms. The third-order valence-electron chi connectivity index (χ3n) is 5.97. The number of hydrogen-bond donors (Lipinski definition) is 0. The summed E-state index contributed by atoms with van der Waals surface area (Å²) >= 11 is 1.20. The molecule has 0 saturated carbocycles. The first-order valence-electron chi connectivity index (χ1n) is 12.4. The Labute approximate surface area is 198 Å². The van der Waals surface area contributed by atoms with Gasteiger partial charge in [-0.2, -0.15) is 4.37 Å². The van der Waals surface area contributed by atoms with Gasteiger partial charge in [0.2, 0.25) is 6.23 Å². The summed E-state index contributed by atoms with van der Waals surface area (Å²) < 4.78 is 26.6. The number of carbonyl (C=O) groups excluding carboxylic acids is 1. The number of unbranched alkanes of at least 4 members (excludes halogenated alkanes) is 5. The first-order valence-corrected chi connectivity index (χ1v) is 13.1. The number of quaternary nitrogens is 1. The first-order chi connectivity index (χ1) is 15.5. The van der Waals surface area contributed by atoms with Gasteiger partial charge in [-0.1, -0.05) is 59.0 Å². The lowest BCUT2D eigenvalue weighted by molar-refractivity contribution is -0.947. The van der Waals surface area contributed by atoms with Gasteiger partial charge < -0.3 is 14.2 Å². The zero-order chi connectivity index (χ0) is 23.2. The summed E-state index contributed by atoms with van der Waals surface area (Å²) in [6, 6.07) is 0. The summed E-state index contributed by atoms with van der Waals surface area (Å²) in [4.78, 5) is 12.3. The van der Waals surface area contributed by atoms with Crippen LogP contribution >= 0.6 is 11.7 Å². The van der Waals surface area contributed by atoms with Crippen molar-refractivity contribution in [3.8, 4) is 5.88 Å².